The van der Waals surface area contributed by atoms with Crippen molar-refractivity contribution >= 4 is 18.1 Å². The molecule has 0 amide bonds. The van der Waals surface area contributed by atoms with E-state index in [4.69, 9.17) is 10.2 Å². The molecule has 74 valence electrons. The van der Waals surface area contributed by atoms with Crippen LogP contribution in [0.3, 0.4) is 0 Å². The Morgan fingerprint density at radius 3 is 2.79 bits per heavy atom. The lowest BCUT2D eigenvalue weighted by Crippen LogP contribution is -1.91. The Morgan fingerprint density at radius 2 is 2.14 bits per heavy atom. The number of hydrogen-bond donors (Lipinski definition) is 1. The smallest absolute Gasteiger partial charge is 0.226 e. The molecule has 0 aliphatic heterocycles. The number of nitrogen functional groups attached to an aromatic ring is 1. The summed E-state index contributed by atoms with van der Waals surface area (Å²) in [5, 5.41) is 0. The molecule has 2 N–H and O–H groups in total. The molecule has 0 unspecified atom stereocenters. The van der Waals surface area contributed by atoms with E-state index >= 15 is 0 Å². The van der Waals surface area contributed by atoms with Gasteiger partial charge in [0.2, 0.25) is 5.89 Å². The van der Waals surface area contributed by atoms with Gasteiger partial charge in [0.15, 0.2) is 0 Å². The molecule has 0 aliphatic carbocycles. The zero-order valence-electron chi connectivity index (χ0n) is 7.73. The van der Waals surface area contributed by atoms with Crippen LogP contribution in [0.2, 0.25) is 0 Å². The highest BCUT2D eigenvalue weighted by atomic mass is 35.5. The minimum Gasteiger partial charge on any atom is -0.445 e. The van der Waals surface area contributed by atoms with Crippen molar-refractivity contribution in [3.8, 4) is 11.5 Å². The van der Waals surface area contributed by atoms with Gasteiger partial charge in [0.05, 0.1) is 6.20 Å². The van der Waals surface area contributed by atoms with Crippen molar-refractivity contribution in [3.05, 3.63) is 36.2 Å². The summed E-state index contributed by atoms with van der Waals surface area (Å²) in [6.07, 6.45) is 3.18. The highest BCUT2D eigenvalue weighted by Crippen LogP contribution is 2.24. The molecule has 0 spiro atoms. The van der Waals surface area contributed by atoms with Crippen molar-refractivity contribution < 1.29 is 4.42 Å². The molecule has 3 nitrogen and oxygen atoms in total. The maximum atomic E-state index is 5.76. The van der Waals surface area contributed by atoms with E-state index in [1.54, 1.807) is 12.5 Å². The zero-order chi connectivity index (χ0) is 9.26. The summed E-state index contributed by atoms with van der Waals surface area (Å²) in [4.78, 5) is 4.07. The van der Waals surface area contributed by atoms with Crippen LogP contribution < -0.4 is 5.73 Å². The molecule has 14 heavy (non-hydrogen) atoms. The molecule has 0 bridgehead atoms. The molecule has 0 saturated heterocycles. The van der Waals surface area contributed by atoms with Gasteiger partial charge >= 0.3 is 0 Å². The fourth-order valence-corrected chi connectivity index (χ4v) is 1.24. The number of halogens is 1. The van der Waals surface area contributed by atoms with Gasteiger partial charge in [0, 0.05) is 11.3 Å². The number of nitrogens with zero attached hydrogens (tertiary/aromatic N) is 1. The van der Waals surface area contributed by atoms with Crippen LogP contribution >= 0.6 is 12.4 Å². The fraction of sp³-hybridized carbons (Fsp3) is 0.100. The first-order valence-corrected chi connectivity index (χ1v) is 4.04. The van der Waals surface area contributed by atoms with E-state index in [2.05, 4.69) is 4.98 Å². The summed E-state index contributed by atoms with van der Waals surface area (Å²) in [7, 11) is 0. The lowest BCUT2D eigenvalue weighted by molar-refractivity contribution is 0.574. The Labute approximate surface area is 88.4 Å². The van der Waals surface area contributed by atoms with Crippen molar-refractivity contribution in [2.45, 2.75) is 6.92 Å². The Hall–Kier alpha value is -1.48. The Morgan fingerprint density at radius 1 is 1.36 bits per heavy atom. The van der Waals surface area contributed by atoms with E-state index in [1.807, 2.05) is 25.1 Å². The molecule has 0 saturated carbocycles. The van der Waals surface area contributed by atoms with Gasteiger partial charge in [-0.15, -0.1) is 12.4 Å². The molecule has 0 atom stereocenters. The first-order chi connectivity index (χ1) is 6.29. The predicted molar refractivity (Wildman–Crippen MR) is 58.3 cm³/mol. The summed E-state index contributed by atoms with van der Waals surface area (Å²) < 4.78 is 5.19. The number of oxazole rings is 1. The molecule has 2 rings (SSSR count). The second-order valence-corrected chi connectivity index (χ2v) is 2.86. The molecular weight excluding hydrogens is 200 g/mol. The average molecular weight is 211 g/mol. The van der Waals surface area contributed by atoms with Crippen molar-refractivity contribution in [1.82, 2.24) is 4.98 Å². The largest absolute Gasteiger partial charge is 0.445 e. The van der Waals surface area contributed by atoms with E-state index < -0.39 is 0 Å². The molecule has 4 heteroatoms. The van der Waals surface area contributed by atoms with Crippen LogP contribution in [-0.2, 0) is 0 Å². The first-order valence-electron chi connectivity index (χ1n) is 4.04. The van der Waals surface area contributed by atoms with E-state index in [0.717, 1.165) is 16.8 Å². The fourth-order valence-electron chi connectivity index (χ4n) is 1.24. The molecular formula is C10H11ClN2O. The summed E-state index contributed by atoms with van der Waals surface area (Å²) in [6, 6.07) is 5.70. The Balaban J connectivity index is 0.000000980. The lowest BCUT2D eigenvalue weighted by atomic mass is 10.1. The van der Waals surface area contributed by atoms with Crippen LogP contribution in [0.4, 0.5) is 5.69 Å². The maximum Gasteiger partial charge on any atom is 0.226 e. The van der Waals surface area contributed by atoms with Crippen LogP contribution in [0.15, 0.2) is 35.1 Å². The first kappa shape index (κ1) is 10.6. The van der Waals surface area contributed by atoms with Gasteiger partial charge in [-0.1, -0.05) is 6.07 Å². The summed E-state index contributed by atoms with van der Waals surface area (Å²) in [5.74, 6) is 0.616. The average Bonchev–Trinajstić information content (AvgIpc) is 2.62. The predicted octanol–water partition coefficient (Wildman–Crippen LogP) is 2.65. The van der Waals surface area contributed by atoms with E-state index in [0.29, 0.717) is 5.89 Å². The van der Waals surface area contributed by atoms with Crippen LogP contribution in [0.25, 0.3) is 11.5 Å². The number of rotatable bonds is 1. The third-order valence-corrected chi connectivity index (χ3v) is 2.04. The quantitative estimate of drug-likeness (QED) is 0.737. The Kier molecular flexibility index (Phi) is 3.14. The van der Waals surface area contributed by atoms with Crippen LogP contribution in [0, 0.1) is 6.92 Å². The van der Waals surface area contributed by atoms with Crippen LogP contribution in [0.1, 0.15) is 5.56 Å². The van der Waals surface area contributed by atoms with Gasteiger partial charge in [-0.25, -0.2) is 4.98 Å². The minimum absolute atomic E-state index is 0. The van der Waals surface area contributed by atoms with Gasteiger partial charge < -0.3 is 10.2 Å². The third kappa shape index (κ3) is 1.72. The van der Waals surface area contributed by atoms with Gasteiger partial charge in [0.25, 0.3) is 0 Å². The lowest BCUT2D eigenvalue weighted by Gasteiger charge is -2.03. The number of anilines is 1. The maximum absolute atomic E-state index is 5.76. The number of nitrogens with two attached hydrogens (primary N) is 1. The molecule has 0 radical (unpaired) electrons. The van der Waals surface area contributed by atoms with Gasteiger partial charge in [-0.3, -0.25) is 0 Å². The number of hydrogen-bond acceptors (Lipinski definition) is 3. The highest BCUT2D eigenvalue weighted by molar-refractivity contribution is 5.85. The molecule has 1 aromatic heterocycles. The highest BCUT2D eigenvalue weighted by Gasteiger charge is 2.06. The van der Waals surface area contributed by atoms with Crippen molar-refractivity contribution in [3.63, 3.8) is 0 Å². The van der Waals surface area contributed by atoms with Gasteiger partial charge in [-0.2, -0.15) is 0 Å². The molecule has 0 aliphatic rings. The molecule has 2 aromatic rings. The topological polar surface area (TPSA) is 52.0 Å². The van der Waals surface area contributed by atoms with Crippen LogP contribution in [0.5, 0.6) is 0 Å². The number of benzene rings is 1. The van der Waals surface area contributed by atoms with Gasteiger partial charge in [-0.05, 0) is 24.6 Å². The summed E-state index contributed by atoms with van der Waals surface area (Å²) >= 11 is 0. The summed E-state index contributed by atoms with van der Waals surface area (Å²) in [5.41, 5.74) is 8.47. The standard InChI is InChI=1S/C10H10N2O.ClH/c1-7-8(3-2-4-9(7)11)10-12-5-6-13-10;/h2-6H,11H2,1H3;1H. The van der Waals surface area contributed by atoms with Crippen molar-refractivity contribution in [2.24, 2.45) is 0 Å². The molecule has 1 heterocycles. The van der Waals surface area contributed by atoms with Crippen molar-refractivity contribution in [2.75, 3.05) is 5.73 Å². The Bertz CT molecular complexity index is 412. The second kappa shape index (κ2) is 4.15. The molecule has 0 fully saturated rings. The third-order valence-electron chi connectivity index (χ3n) is 2.04. The number of aromatic nitrogens is 1. The van der Waals surface area contributed by atoms with Crippen LogP contribution in [-0.4, -0.2) is 4.98 Å². The van der Waals surface area contributed by atoms with Gasteiger partial charge in [0.1, 0.15) is 6.26 Å². The second-order valence-electron chi connectivity index (χ2n) is 2.86. The van der Waals surface area contributed by atoms with E-state index in [1.165, 1.54) is 0 Å². The normalized spacial score (nSPS) is 9.50. The molecule has 1 aromatic carbocycles. The minimum atomic E-state index is 0. The monoisotopic (exact) mass is 210 g/mol. The van der Waals surface area contributed by atoms with Crippen molar-refractivity contribution in [1.29, 1.82) is 0 Å². The van der Waals surface area contributed by atoms with E-state index in [9.17, 15) is 0 Å². The zero-order valence-corrected chi connectivity index (χ0v) is 8.54. The van der Waals surface area contributed by atoms with E-state index in [-0.39, 0.29) is 12.4 Å². The summed E-state index contributed by atoms with van der Waals surface area (Å²) in [6.45, 7) is 1.95. The SMILES string of the molecule is Cc1c(N)cccc1-c1ncco1.Cl.